The molecule has 0 bridgehead atoms. The van der Waals surface area contributed by atoms with Crippen molar-refractivity contribution < 1.29 is 14.6 Å². The highest BCUT2D eigenvalue weighted by Gasteiger charge is 2.20. The van der Waals surface area contributed by atoms with Gasteiger partial charge in [0.05, 0.1) is 17.9 Å². The van der Waals surface area contributed by atoms with E-state index < -0.39 is 5.97 Å². The average molecular weight is 265 g/mol. The van der Waals surface area contributed by atoms with Crippen LogP contribution in [-0.2, 0) is 4.74 Å². The number of aromatic nitrogens is 1. The maximum atomic E-state index is 11.0. The van der Waals surface area contributed by atoms with Crippen LogP contribution in [-0.4, -0.2) is 42.9 Å². The van der Waals surface area contributed by atoms with Crippen molar-refractivity contribution in [1.29, 1.82) is 0 Å². The Morgan fingerprint density at radius 3 is 3.11 bits per heavy atom. The summed E-state index contributed by atoms with van der Waals surface area (Å²) >= 11 is 0. The van der Waals surface area contributed by atoms with Gasteiger partial charge >= 0.3 is 5.97 Å². The molecule has 1 aromatic heterocycles. The maximum absolute atomic E-state index is 11.0. The summed E-state index contributed by atoms with van der Waals surface area (Å²) in [5, 5.41) is 9.05. The van der Waals surface area contributed by atoms with E-state index in [2.05, 4.69) is 4.98 Å². The lowest BCUT2D eigenvalue weighted by molar-refractivity contribution is 0.0576. The van der Waals surface area contributed by atoms with Crippen LogP contribution in [0.5, 0.6) is 0 Å². The molecule has 1 atom stereocenters. The molecule has 0 saturated carbocycles. The standard InChI is InChI=1S/C13H19N3O3/c1-16(7-9-3-2-6-19-8-9)12-11(14)10(13(17)18)4-5-15-12/h4-5,9H,2-3,6-8,14H2,1H3,(H,17,18). The first kappa shape index (κ1) is 13.6. The lowest BCUT2D eigenvalue weighted by Crippen LogP contribution is -2.32. The molecule has 1 unspecified atom stereocenters. The van der Waals surface area contributed by atoms with Crippen molar-refractivity contribution in [2.45, 2.75) is 12.8 Å². The molecule has 0 spiro atoms. The first-order valence-corrected chi connectivity index (χ1v) is 6.36. The molecule has 1 aliphatic heterocycles. The molecule has 6 nitrogen and oxygen atoms in total. The quantitative estimate of drug-likeness (QED) is 0.851. The largest absolute Gasteiger partial charge is 0.478 e. The molecule has 2 heterocycles. The van der Waals surface area contributed by atoms with Crippen molar-refractivity contribution in [2.24, 2.45) is 5.92 Å². The molecule has 104 valence electrons. The van der Waals surface area contributed by atoms with E-state index in [-0.39, 0.29) is 11.3 Å². The molecular formula is C13H19N3O3. The summed E-state index contributed by atoms with van der Waals surface area (Å²) in [5.74, 6) is -0.0746. The normalized spacial score (nSPS) is 19.1. The number of nitrogens with zero attached hydrogens (tertiary/aromatic N) is 2. The monoisotopic (exact) mass is 265 g/mol. The van der Waals surface area contributed by atoms with Crippen LogP contribution in [0.1, 0.15) is 23.2 Å². The van der Waals surface area contributed by atoms with Gasteiger partial charge in [0.1, 0.15) is 0 Å². The Morgan fingerprint density at radius 2 is 2.47 bits per heavy atom. The molecule has 1 aromatic rings. The summed E-state index contributed by atoms with van der Waals surface area (Å²) in [7, 11) is 1.87. The van der Waals surface area contributed by atoms with Gasteiger partial charge in [-0.2, -0.15) is 0 Å². The van der Waals surface area contributed by atoms with Gasteiger partial charge in [0.15, 0.2) is 5.82 Å². The highest BCUT2D eigenvalue weighted by Crippen LogP contribution is 2.25. The first-order valence-electron chi connectivity index (χ1n) is 6.36. The second kappa shape index (κ2) is 5.88. The molecule has 3 N–H and O–H groups in total. The highest BCUT2D eigenvalue weighted by molar-refractivity contribution is 5.96. The Balaban J connectivity index is 2.12. The van der Waals surface area contributed by atoms with E-state index in [1.54, 1.807) is 0 Å². The van der Waals surface area contributed by atoms with E-state index in [1.165, 1.54) is 12.3 Å². The number of hydrogen-bond donors (Lipinski definition) is 2. The minimum Gasteiger partial charge on any atom is -0.478 e. The third-order valence-electron chi connectivity index (χ3n) is 3.35. The number of anilines is 2. The SMILES string of the molecule is CN(CC1CCCOC1)c1nccc(C(=O)O)c1N. The van der Waals surface area contributed by atoms with Gasteiger partial charge in [-0.25, -0.2) is 9.78 Å². The fourth-order valence-electron chi connectivity index (χ4n) is 2.38. The number of carbonyl (C=O) groups is 1. The first-order chi connectivity index (χ1) is 9.09. The van der Waals surface area contributed by atoms with Crippen LogP contribution in [0.25, 0.3) is 0 Å². The van der Waals surface area contributed by atoms with E-state index in [4.69, 9.17) is 15.6 Å². The maximum Gasteiger partial charge on any atom is 0.337 e. The molecule has 1 saturated heterocycles. The minimum atomic E-state index is -1.03. The van der Waals surface area contributed by atoms with E-state index in [0.717, 1.165) is 32.6 Å². The van der Waals surface area contributed by atoms with Crippen LogP contribution < -0.4 is 10.6 Å². The van der Waals surface area contributed by atoms with Crippen molar-refractivity contribution in [3.8, 4) is 0 Å². The number of aromatic carboxylic acids is 1. The van der Waals surface area contributed by atoms with Gasteiger partial charge in [-0.3, -0.25) is 0 Å². The van der Waals surface area contributed by atoms with E-state index >= 15 is 0 Å². The van der Waals surface area contributed by atoms with Crippen molar-refractivity contribution in [1.82, 2.24) is 4.98 Å². The molecule has 19 heavy (non-hydrogen) atoms. The number of pyridine rings is 1. The average Bonchev–Trinajstić information content (AvgIpc) is 2.39. The lowest BCUT2D eigenvalue weighted by atomic mass is 10.0. The molecular weight excluding hydrogens is 246 g/mol. The Kier molecular flexibility index (Phi) is 4.21. The summed E-state index contributed by atoms with van der Waals surface area (Å²) in [6, 6.07) is 1.42. The zero-order valence-corrected chi connectivity index (χ0v) is 11.0. The van der Waals surface area contributed by atoms with Crippen LogP contribution in [0.15, 0.2) is 12.3 Å². The number of hydrogen-bond acceptors (Lipinski definition) is 5. The van der Waals surface area contributed by atoms with Crippen LogP contribution in [0.2, 0.25) is 0 Å². The van der Waals surface area contributed by atoms with Gasteiger partial charge < -0.3 is 20.5 Å². The Hall–Kier alpha value is -1.82. The molecule has 0 amide bonds. The summed E-state index contributed by atoms with van der Waals surface area (Å²) in [4.78, 5) is 17.1. The van der Waals surface area contributed by atoms with Crippen LogP contribution in [0.4, 0.5) is 11.5 Å². The topological polar surface area (TPSA) is 88.7 Å². The van der Waals surface area contributed by atoms with Gasteiger partial charge in [0.25, 0.3) is 0 Å². The van der Waals surface area contributed by atoms with Crippen LogP contribution in [0, 0.1) is 5.92 Å². The number of ether oxygens (including phenoxy) is 1. The minimum absolute atomic E-state index is 0.0942. The highest BCUT2D eigenvalue weighted by atomic mass is 16.5. The zero-order chi connectivity index (χ0) is 13.8. The summed E-state index contributed by atoms with van der Waals surface area (Å²) in [6.07, 6.45) is 3.66. The Labute approximate surface area is 112 Å². The van der Waals surface area contributed by atoms with Gasteiger partial charge in [-0.05, 0) is 24.8 Å². The van der Waals surface area contributed by atoms with Crippen molar-refractivity contribution >= 4 is 17.5 Å². The van der Waals surface area contributed by atoms with Gasteiger partial charge in [-0.15, -0.1) is 0 Å². The molecule has 0 aliphatic carbocycles. The van der Waals surface area contributed by atoms with Gasteiger partial charge in [0, 0.05) is 26.4 Å². The number of nitrogen functional groups attached to an aromatic ring is 1. The van der Waals surface area contributed by atoms with Crippen LogP contribution in [0.3, 0.4) is 0 Å². The van der Waals surface area contributed by atoms with E-state index in [0.29, 0.717) is 11.7 Å². The molecule has 1 aliphatic rings. The van der Waals surface area contributed by atoms with Crippen molar-refractivity contribution in [3.05, 3.63) is 17.8 Å². The summed E-state index contributed by atoms with van der Waals surface area (Å²) < 4.78 is 5.44. The Bertz CT molecular complexity index is 458. The fourth-order valence-corrected chi connectivity index (χ4v) is 2.38. The van der Waals surface area contributed by atoms with Crippen molar-refractivity contribution in [2.75, 3.05) is 37.4 Å². The second-order valence-corrected chi connectivity index (χ2v) is 4.86. The predicted octanol–water partition coefficient (Wildman–Crippen LogP) is 1.22. The third kappa shape index (κ3) is 3.14. The predicted molar refractivity (Wildman–Crippen MR) is 72.4 cm³/mol. The van der Waals surface area contributed by atoms with Crippen LogP contribution >= 0.6 is 0 Å². The number of carboxylic acid groups (broad SMARTS) is 1. The van der Waals surface area contributed by atoms with E-state index in [9.17, 15) is 4.79 Å². The summed E-state index contributed by atoms with van der Waals surface area (Å²) in [6.45, 7) is 2.33. The number of rotatable bonds is 4. The second-order valence-electron chi connectivity index (χ2n) is 4.86. The fraction of sp³-hybridized carbons (Fsp3) is 0.538. The van der Waals surface area contributed by atoms with E-state index in [1.807, 2.05) is 11.9 Å². The molecule has 2 rings (SSSR count). The van der Waals surface area contributed by atoms with Gasteiger partial charge in [-0.1, -0.05) is 0 Å². The zero-order valence-electron chi connectivity index (χ0n) is 11.0. The number of carboxylic acids is 1. The smallest absolute Gasteiger partial charge is 0.337 e. The molecule has 6 heteroatoms. The molecule has 0 aromatic carbocycles. The molecule has 1 fully saturated rings. The summed E-state index contributed by atoms with van der Waals surface area (Å²) in [5.41, 5.74) is 6.19. The lowest BCUT2D eigenvalue weighted by Gasteiger charge is -2.28. The van der Waals surface area contributed by atoms with Crippen molar-refractivity contribution in [3.63, 3.8) is 0 Å². The number of nitrogens with two attached hydrogens (primary N) is 1. The Morgan fingerprint density at radius 1 is 1.68 bits per heavy atom. The molecule has 0 radical (unpaired) electrons. The third-order valence-corrected chi connectivity index (χ3v) is 3.35. The van der Waals surface area contributed by atoms with Gasteiger partial charge in [0.2, 0.25) is 0 Å².